The van der Waals surface area contributed by atoms with Gasteiger partial charge in [0, 0.05) is 16.7 Å². The highest BCUT2D eigenvalue weighted by Crippen LogP contribution is 2.27. The number of rotatable bonds is 5. The number of benzene rings is 1. The van der Waals surface area contributed by atoms with Gasteiger partial charge in [-0.1, -0.05) is 18.5 Å². The lowest BCUT2D eigenvalue weighted by atomic mass is 10.2. The maximum atomic E-state index is 9.38. The minimum absolute atomic E-state index is 0.447. The zero-order chi connectivity index (χ0) is 14.5. The summed E-state index contributed by atoms with van der Waals surface area (Å²) >= 11 is 9.34. The number of aryl methyl sites for hydroxylation is 1. The lowest BCUT2D eigenvalue weighted by Gasteiger charge is -2.15. The highest BCUT2D eigenvalue weighted by atomic mass is 79.9. The molecule has 0 amide bonds. The smallest absolute Gasteiger partial charge is 0.156 e. The third-order valence-electron chi connectivity index (χ3n) is 2.86. The topological polar surface area (TPSA) is 53.6 Å². The second-order valence-electron chi connectivity index (χ2n) is 4.35. The van der Waals surface area contributed by atoms with Gasteiger partial charge in [0.05, 0.1) is 29.3 Å². The molecular weight excluding hydrogens is 340 g/mol. The molecule has 2 rings (SSSR count). The first-order valence-electron chi connectivity index (χ1n) is 6.27. The summed E-state index contributed by atoms with van der Waals surface area (Å²) < 4.78 is 2.79. The van der Waals surface area contributed by atoms with Gasteiger partial charge in [0.25, 0.3) is 0 Å². The van der Waals surface area contributed by atoms with E-state index in [1.165, 1.54) is 0 Å². The Morgan fingerprint density at radius 1 is 1.55 bits per heavy atom. The molecule has 6 heteroatoms. The van der Waals surface area contributed by atoms with Gasteiger partial charge in [-0.2, -0.15) is 5.26 Å². The van der Waals surface area contributed by atoms with E-state index in [9.17, 15) is 5.26 Å². The van der Waals surface area contributed by atoms with E-state index in [1.807, 2.05) is 16.7 Å². The van der Waals surface area contributed by atoms with E-state index in [1.54, 1.807) is 18.6 Å². The Morgan fingerprint density at radius 2 is 2.35 bits per heavy atom. The van der Waals surface area contributed by atoms with Gasteiger partial charge < -0.3 is 9.88 Å². The molecule has 4 nitrogen and oxygen atoms in total. The summed E-state index contributed by atoms with van der Waals surface area (Å²) in [4.78, 5) is 4.12. The van der Waals surface area contributed by atoms with Crippen LogP contribution in [0.5, 0.6) is 0 Å². The number of nitriles is 1. The summed E-state index contributed by atoms with van der Waals surface area (Å²) in [5, 5.41) is 13.2. The minimum atomic E-state index is -0.447. The van der Waals surface area contributed by atoms with Crippen LogP contribution in [0.1, 0.15) is 25.1 Å². The van der Waals surface area contributed by atoms with Crippen molar-refractivity contribution in [3.8, 4) is 6.07 Å². The molecule has 0 saturated carbocycles. The molecule has 0 aliphatic heterocycles. The lowest BCUT2D eigenvalue weighted by molar-refractivity contribution is 0.640. The second kappa shape index (κ2) is 6.78. The number of nitrogens with one attached hydrogen (secondary N) is 1. The molecule has 0 fully saturated rings. The fourth-order valence-electron chi connectivity index (χ4n) is 1.92. The van der Waals surface area contributed by atoms with Crippen molar-refractivity contribution in [2.45, 2.75) is 25.9 Å². The Hall–Kier alpha value is -1.51. The van der Waals surface area contributed by atoms with Crippen LogP contribution in [0.15, 0.2) is 35.2 Å². The maximum absolute atomic E-state index is 9.38. The van der Waals surface area contributed by atoms with E-state index in [0.717, 1.165) is 28.8 Å². The van der Waals surface area contributed by atoms with E-state index in [-0.39, 0.29) is 0 Å². The molecule has 0 aliphatic rings. The van der Waals surface area contributed by atoms with Crippen molar-refractivity contribution in [1.82, 2.24) is 9.55 Å². The summed E-state index contributed by atoms with van der Waals surface area (Å²) in [6.07, 6.45) is 4.47. The quantitative estimate of drug-likeness (QED) is 0.867. The van der Waals surface area contributed by atoms with Crippen LogP contribution < -0.4 is 5.32 Å². The van der Waals surface area contributed by atoms with Crippen molar-refractivity contribution >= 4 is 33.2 Å². The average Bonchev–Trinajstić information content (AvgIpc) is 2.88. The molecule has 0 spiro atoms. The molecule has 1 atom stereocenters. The molecule has 20 heavy (non-hydrogen) atoms. The van der Waals surface area contributed by atoms with E-state index < -0.39 is 6.04 Å². The fourth-order valence-corrected chi connectivity index (χ4v) is 2.42. The Morgan fingerprint density at radius 3 is 3.00 bits per heavy atom. The van der Waals surface area contributed by atoms with Crippen molar-refractivity contribution in [3.63, 3.8) is 0 Å². The van der Waals surface area contributed by atoms with Gasteiger partial charge in [-0.05, 0) is 40.5 Å². The minimum Gasteiger partial charge on any atom is -0.365 e. The third kappa shape index (κ3) is 3.33. The van der Waals surface area contributed by atoms with Crippen LogP contribution in [0.4, 0.5) is 5.69 Å². The molecular formula is C14H14BrClN4. The number of halogens is 2. The largest absolute Gasteiger partial charge is 0.365 e. The van der Waals surface area contributed by atoms with E-state index in [0.29, 0.717) is 5.02 Å². The van der Waals surface area contributed by atoms with Gasteiger partial charge in [0.1, 0.15) is 0 Å². The van der Waals surface area contributed by atoms with Crippen LogP contribution in [0.2, 0.25) is 5.02 Å². The second-order valence-corrected chi connectivity index (χ2v) is 5.61. The molecule has 1 unspecified atom stereocenters. The van der Waals surface area contributed by atoms with Gasteiger partial charge >= 0.3 is 0 Å². The Bertz CT molecular complexity index is 632. The summed E-state index contributed by atoms with van der Waals surface area (Å²) in [6.45, 7) is 2.94. The molecule has 1 aromatic heterocycles. The van der Waals surface area contributed by atoms with Gasteiger partial charge in [-0.15, -0.1) is 0 Å². The Balaban J connectivity index is 2.22. The predicted molar refractivity (Wildman–Crippen MR) is 83.6 cm³/mol. The number of hydrogen-bond donors (Lipinski definition) is 1. The first-order valence-corrected chi connectivity index (χ1v) is 7.44. The molecule has 0 bridgehead atoms. The Labute approximate surface area is 131 Å². The lowest BCUT2D eigenvalue weighted by Crippen LogP contribution is -2.13. The van der Waals surface area contributed by atoms with Crippen LogP contribution in [0.25, 0.3) is 0 Å². The summed E-state index contributed by atoms with van der Waals surface area (Å²) in [7, 11) is 0. The highest BCUT2D eigenvalue weighted by Gasteiger charge is 2.15. The van der Waals surface area contributed by atoms with Crippen molar-refractivity contribution in [2.24, 2.45) is 0 Å². The van der Waals surface area contributed by atoms with E-state index in [4.69, 9.17) is 11.6 Å². The van der Waals surface area contributed by atoms with Crippen molar-refractivity contribution in [2.75, 3.05) is 5.32 Å². The van der Waals surface area contributed by atoms with Crippen LogP contribution in [0, 0.1) is 11.3 Å². The molecule has 1 aromatic carbocycles. The molecule has 104 valence electrons. The van der Waals surface area contributed by atoms with Crippen LogP contribution in [0.3, 0.4) is 0 Å². The van der Waals surface area contributed by atoms with Crippen LogP contribution >= 0.6 is 27.5 Å². The normalized spacial score (nSPS) is 11.9. The molecule has 1 heterocycles. The Kier molecular flexibility index (Phi) is 5.05. The monoisotopic (exact) mass is 352 g/mol. The average molecular weight is 354 g/mol. The van der Waals surface area contributed by atoms with Crippen molar-refractivity contribution < 1.29 is 0 Å². The molecule has 0 radical (unpaired) electrons. The zero-order valence-corrected chi connectivity index (χ0v) is 13.3. The maximum Gasteiger partial charge on any atom is 0.156 e. The van der Waals surface area contributed by atoms with Crippen LogP contribution in [-0.2, 0) is 6.54 Å². The van der Waals surface area contributed by atoms with Gasteiger partial charge in [0.2, 0.25) is 0 Å². The first-order chi connectivity index (χ1) is 9.65. The molecule has 1 N–H and O–H groups in total. The standard InChI is InChI=1S/C14H14BrClN4/c1-2-5-20-9-18-8-14(20)13(7-17)19-10-3-4-12(16)11(15)6-10/h3-4,6,8-9,13,19H,2,5H2,1H3. The molecule has 0 saturated heterocycles. The van der Waals surface area contributed by atoms with Gasteiger partial charge in [-0.3, -0.25) is 0 Å². The first kappa shape index (κ1) is 14.9. The van der Waals surface area contributed by atoms with Crippen molar-refractivity contribution in [1.29, 1.82) is 5.26 Å². The SMILES string of the molecule is CCCn1cncc1C(C#N)Nc1ccc(Cl)c(Br)c1. The van der Waals surface area contributed by atoms with Gasteiger partial charge in [-0.25, -0.2) is 4.98 Å². The van der Waals surface area contributed by atoms with Gasteiger partial charge in [0.15, 0.2) is 6.04 Å². The van der Waals surface area contributed by atoms with Crippen molar-refractivity contribution in [3.05, 3.63) is 45.9 Å². The van der Waals surface area contributed by atoms with Crippen LogP contribution in [-0.4, -0.2) is 9.55 Å². The number of aromatic nitrogens is 2. The molecule has 0 aliphatic carbocycles. The fraction of sp³-hybridized carbons (Fsp3) is 0.286. The highest BCUT2D eigenvalue weighted by molar-refractivity contribution is 9.10. The number of imidazole rings is 1. The van der Waals surface area contributed by atoms with E-state index >= 15 is 0 Å². The predicted octanol–water partition coefficient (Wildman–Crippen LogP) is 4.39. The molecule has 2 aromatic rings. The summed E-state index contributed by atoms with van der Waals surface area (Å²) in [5.41, 5.74) is 1.69. The number of anilines is 1. The zero-order valence-electron chi connectivity index (χ0n) is 11.0. The summed E-state index contributed by atoms with van der Waals surface area (Å²) in [6, 6.07) is 7.30. The number of hydrogen-bond acceptors (Lipinski definition) is 3. The number of nitrogens with zero attached hydrogens (tertiary/aromatic N) is 3. The van der Waals surface area contributed by atoms with E-state index in [2.05, 4.69) is 39.2 Å². The third-order valence-corrected chi connectivity index (χ3v) is 4.08. The summed E-state index contributed by atoms with van der Waals surface area (Å²) in [5.74, 6) is 0.